The van der Waals surface area contributed by atoms with Crippen molar-refractivity contribution in [3.63, 3.8) is 0 Å². The molecule has 2 aliphatic heterocycles. The lowest BCUT2D eigenvalue weighted by Crippen LogP contribution is -2.46. The lowest BCUT2D eigenvalue weighted by Gasteiger charge is -2.36. The van der Waals surface area contributed by atoms with Crippen LogP contribution in [0.15, 0.2) is 66.4 Å². The Morgan fingerprint density at radius 2 is 1.80 bits per heavy atom. The number of nitro benzene ring substituents is 1. The van der Waals surface area contributed by atoms with Crippen LogP contribution in [0.5, 0.6) is 11.5 Å². The Bertz CT molecular complexity index is 1330. The highest BCUT2D eigenvalue weighted by atomic mass is 35.5. The zero-order valence-corrected chi connectivity index (χ0v) is 19.4. The highest BCUT2D eigenvalue weighted by Crippen LogP contribution is 2.40. The fourth-order valence-electron chi connectivity index (χ4n) is 4.35. The Balaban J connectivity index is 1.32. The Hall–Kier alpha value is -3.88. The van der Waals surface area contributed by atoms with Gasteiger partial charge in [0.1, 0.15) is 11.5 Å². The van der Waals surface area contributed by atoms with Crippen molar-refractivity contribution in [1.29, 1.82) is 0 Å². The van der Waals surface area contributed by atoms with Gasteiger partial charge in [0.2, 0.25) is 5.78 Å². The Kier molecular flexibility index (Phi) is 6.15. The molecule has 0 radical (unpaired) electrons. The van der Waals surface area contributed by atoms with Gasteiger partial charge in [0.15, 0.2) is 5.76 Å². The van der Waals surface area contributed by atoms with Gasteiger partial charge in [0.05, 0.1) is 16.1 Å². The van der Waals surface area contributed by atoms with Crippen LogP contribution in [0.4, 0.5) is 11.4 Å². The summed E-state index contributed by atoms with van der Waals surface area (Å²) in [5.74, 6) is 0.266. The van der Waals surface area contributed by atoms with Gasteiger partial charge in [-0.15, -0.1) is 0 Å². The molecule has 1 fully saturated rings. The molecule has 5 rings (SSSR count). The van der Waals surface area contributed by atoms with E-state index in [-0.39, 0.29) is 23.0 Å². The smallest absolute Gasteiger partial charge is 0.269 e. The van der Waals surface area contributed by atoms with E-state index in [4.69, 9.17) is 16.3 Å². The van der Waals surface area contributed by atoms with Gasteiger partial charge in [0.25, 0.3) is 5.69 Å². The van der Waals surface area contributed by atoms with Gasteiger partial charge in [-0.25, -0.2) is 0 Å². The molecule has 0 bridgehead atoms. The van der Waals surface area contributed by atoms with E-state index < -0.39 is 4.92 Å². The fourth-order valence-corrected chi connectivity index (χ4v) is 4.54. The molecule has 8 nitrogen and oxygen atoms in total. The van der Waals surface area contributed by atoms with Gasteiger partial charge in [0, 0.05) is 55.6 Å². The number of benzene rings is 3. The maximum atomic E-state index is 12.9. The largest absolute Gasteiger partial charge is 0.507 e. The van der Waals surface area contributed by atoms with Crippen molar-refractivity contribution in [3.8, 4) is 11.5 Å². The minimum atomic E-state index is -0.478. The van der Waals surface area contributed by atoms with E-state index in [2.05, 4.69) is 9.80 Å². The number of carbonyl (C=O) groups excluding carboxylic acids is 1. The van der Waals surface area contributed by atoms with Crippen molar-refractivity contribution in [2.75, 3.05) is 31.1 Å². The van der Waals surface area contributed by atoms with Crippen LogP contribution in [0.3, 0.4) is 0 Å². The summed E-state index contributed by atoms with van der Waals surface area (Å²) in [4.78, 5) is 27.8. The predicted octanol–water partition coefficient (Wildman–Crippen LogP) is 4.89. The number of carbonyl (C=O) groups is 1. The number of nitrogens with zero attached hydrogens (tertiary/aromatic N) is 3. The van der Waals surface area contributed by atoms with Gasteiger partial charge >= 0.3 is 0 Å². The number of phenols is 1. The van der Waals surface area contributed by atoms with Crippen LogP contribution in [0.25, 0.3) is 6.08 Å². The number of aromatic hydroxyl groups is 1. The second-order valence-electron chi connectivity index (χ2n) is 8.47. The number of halogens is 1. The summed E-state index contributed by atoms with van der Waals surface area (Å²) in [6, 6.07) is 16.7. The number of fused-ring (bicyclic) bond motifs is 1. The fraction of sp³-hybridized carbons (Fsp3) is 0.192. The quantitative estimate of drug-likeness (QED) is 0.308. The van der Waals surface area contributed by atoms with Crippen LogP contribution in [0.2, 0.25) is 5.02 Å². The number of non-ortho nitro benzene ring substituents is 1. The summed E-state index contributed by atoms with van der Waals surface area (Å²) in [5, 5.41) is 22.2. The Morgan fingerprint density at radius 3 is 2.49 bits per heavy atom. The summed E-state index contributed by atoms with van der Waals surface area (Å²) in [6.07, 6.45) is 1.55. The zero-order valence-electron chi connectivity index (χ0n) is 18.7. The maximum absolute atomic E-state index is 12.9. The summed E-state index contributed by atoms with van der Waals surface area (Å²) in [5.41, 5.74) is 2.62. The number of hydrogen-bond donors (Lipinski definition) is 1. The molecule has 2 heterocycles. The molecule has 0 aliphatic carbocycles. The number of ketones is 1. The number of allylic oxidation sites excluding steroid dienone is 1. The normalized spacial score (nSPS) is 16.9. The van der Waals surface area contributed by atoms with E-state index >= 15 is 0 Å². The molecule has 1 saturated heterocycles. The summed E-state index contributed by atoms with van der Waals surface area (Å²) >= 11 is 6.13. The molecule has 0 saturated carbocycles. The molecule has 1 N–H and O–H groups in total. The second kappa shape index (κ2) is 9.40. The van der Waals surface area contributed by atoms with Crippen molar-refractivity contribution in [2.24, 2.45) is 0 Å². The topological polar surface area (TPSA) is 96.1 Å². The summed E-state index contributed by atoms with van der Waals surface area (Å²) < 4.78 is 5.92. The van der Waals surface area contributed by atoms with Crippen LogP contribution in [0, 0.1) is 10.1 Å². The average molecular weight is 492 g/mol. The first-order valence-electron chi connectivity index (χ1n) is 11.2. The molecule has 0 unspecified atom stereocenters. The second-order valence-corrected chi connectivity index (χ2v) is 8.91. The highest BCUT2D eigenvalue weighted by Gasteiger charge is 2.32. The van der Waals surface area contributed by atoms with Crippen molar-refractivity contribution in [3.05, 3.63) is 98.3 Å². The lowest BCUT2D eigenvalue weighted by molar-refractivity contribution is -0.384. The molecular weight excluding hydrogens is 470 g/mol. The number of ether oxygens (including phenoxy) is 1. The van der Waals surface area contributed by atoms with E-state index in [0.29, 0.717) is 34.0 Å². The van der Waals surface area contributed by atoms with Crippen LogP contribution in [-0.4, -0.2) is 46.9 Å². The van der Waals surface area contributed by atoms with Crippen LogP contribution >= 0.6 is 11.6 Å². The predicted molar refractivity (Wildman–Crippen MR) is 133 cm³/mol. The van der Waals surface area contributed by atoms with Gasteiger partial charge in [-0.3, -0.25) is 19.8 Å². The molecule has 0 amide bonds. The first kappa shape index (κ1) is 22.9. The maximum Gasteiger partial charge on any atom is 0.269 e. The first-order chi connectivity index (χ1) is 16.9. The molecule has 35 heavy (non-hydrogen) atoms. The summed E-state index contributed by atoms with van der Waals surface area (Å²) in [6.45, 7) is 3.60. The molecule has 0 atom stereocenters. The minimum absolute atomic E-state index is 0.0308. The van der Waals surface area contributed by atoms with E-state index in [1.54, 1.807) is 24.3 Å². The molecular formula is C26H22ClN3O5. The number of piperazine rings is 1. The third kappa shape index (κ3) is 4.71. The van der Waals surface area contributed by atoms with E-state index in [1.807, 2.05) is 24.3 Å². The number of anilines is 1. The van der Waals surface area contributed by atoms with Crippen LogP contribution in [0.1, 0.15) is 21.5 Å². The lowest BCUT2D eigenvalue weighted by atomic mass is 10.0. The van der Waals surface area contributed by atoms with Crippen LogP contribution < -0.4 is 9.64 Å². The third-order valence-electron chi connectivity index (χ3n) is 6.25. The zero-order chi connectivity index (χ0) is 24.5. The molecule has 0 aromatic heterocycles. The number of phenolic OH excluding ortho intramolecular Hbond substituents is 1. The standard InChI is InChI=1S/C26H22ClN3O5/c27-18-2-1-3-20(15-18)29-12-10-28(11-13-29)16-22-23(31)9-8-21-25(32)24(35-26(21)22)14-17-4-6-19(7-5-17)30(33)34/h1-9,14-15,31H,10-13,16H2/b24-14+. The number of rotatable bonds is 5. The van der Waals surface area contributed by atoms with Crippen molar-refractivity contribution in [2.45, 2.75) is 6.54 Å². The molecule has 3 aromatic carbocycles. The van der Waals surface area contributed by atoms with E-state index in [0.717, 1.165) is 31.9 Å². The Morgan fingerprint density at radius 1 is 1.06 bits per heavy atom. The van der Waals surface area contributed by atoms with Crippen molar-refractivity contribution < 1.29 is 19.6 Å². The number of nitro groups is 1. The van der Waals surface area contributed by atoms with Gasteiger partial charge < -0.3 is 14.7 Å². The summed E-state index contributed by atoms with van der Waals surface area (Å²) in [7, 11) is 0. The molecule has 178 valence electrons. The minimum Gasteiger partial charge on any atom is -0.507 e. The van der Waals surface area contributed by atoms with Gasteiger partial charge in [-0.2, -0.15) is 0 Å². The van der Waals surface area contributed by atoms with E-state index in [9.17, 15) is 20.0 Å². The van der Waals surface area contributed by atoms with Gasteiger partial charge in [-0.1, -0.05) is 17.7 Å². The molecule has 0 spiro atoms. The number of hydrogen-bond acceptors (Lipinski definition) is 7. The van der Waals surface area contributed by atoms with E-state index in [1.165, 1.54) is 18.2 Å². The van der Waals surface area contributed by atoms with Crippen LogP contribution in [-0.2, 0) is 6.54 Å². The third-order valence-corrected chi connectivity index (χ3v) is 6.48. The van der Waals surface area contributed by atoms with Crippen molar-refractivity contribution >= 4 is 34.8 Å². The molecule has 9 heteroatoms. The number of Topliss-reactive ketones (excluding diaryl/α,β-unsaturated/α-hetero) is 1. The first-order valence-corrected chi connectivity index (χ1v) is 11.5. The highest BCUT2D eigenvalue weighted by molar-refractivity contribution is 6.30. The van der Waals surface area contributed by atoms with Gasteiger partial charge in [-0.05, 0) is 54.1 Å². The molecule has 2 aliphatic rings. The molecule has 3 aromatic rings. The SMILES string of the molecule is O=C1/C(=C\c2ccc([N+](=O)[O-])cc2)Oc2c1ccc(O)c2CN1CCN(c2cccc(Cl)c2)CC1. The Labute approximate surface area is 206 Å². The average Bonchev–Trinajstić information content (AvgIpc) is 3.17. The van der Waals surface area contributed by atoms with Crippen molar-refractivity contribution in [1.82, 2.24) is 4.90 Å². The monoisotopic (exact) mass is 491 g/mol.